The van der Waals surface area contributed by atoms with Crippen molar-refractivity contribution in [1.82, 2.24) is 40.4 Å². The van der Waals surface area contributed by atoms with Crippen LogP contribution in [0.4, 0.5) is 0 Å². The Kier molecular flexibility index (Phi) is 10.0. The van der Waals surface area contributed by atoms with Gasteiger partial charge in [-0.05, 0) is 42.4 Å². The minimum atomic E-state index is -1.25. The predicted molar refractivity (Wildman–Crippen MR) is 165 cm³/mol. The van der Waals surface area contributed by atoms with Gasteiger partial charge >= 0.3 is 11.9 Å². The molecule has 2 aromatic carbocycles. The van der Waals surface area contributed by atoms with Crippen LogP contribution in [0, 0.1) is 11.8 Å². The average Bonchev–Trinajstić information content (AvgIpc) is 3.32. The van der Waals surface area contributed by atoms with E-state index in [1.165, 1.54) is 0 Å². The molecule has 3 unspecified atom stereocenters. The number of imidazole rings is 1. The zero-order valence-corrected chi connectivity index (χ0v) is 26.0. The molecule has 13 nitrogen and oxygen atoms in total. The fraction of sp³-hybridized carbons (Fsp3) is 0.387. The lowest BCUT2D eigenvalue weighted by molar-refractivity contribution is -0.149. The fourth-order valence-electron chi connectivity index (χ4n) is 5.29. The van der Waals surface area contributed by atoms with Gasteiger partial charge in [0.15, 0.2) is 10.9 Å². The van der Waals surface area contributed by atoms with Crippen LogP contribution in [0.2, 0.25) is 5.15 Å². The van der Waals surface area contributed by atoms with Crippen LogP contribution in [0.5, 0.6) is 0 Å². The molecule has 3 N–H and O–H groups in total. The highest BCUT2D eigenvalue weighted by molar-refractivity contribution is 6.30. The van der Waals surface area contributed by atoms with E-state index in [1.54, 1.807) is 19.0 Å². The lowest BCUT2D eigenvalue weighted by atomic mass is 9.98. The molecule has 4 aromatic rings. The van der Waals surface area contributed by atoms with E-state index in [9.17, 15) is 19.5 Å². The highest BCUT2D eigenvalue weighted by Crippen LogP contribution is 2.37. The van der Waals surface area contributed by atoms with Crippen LogP contribution in [0.25, 0.3) is 22.5 Å². The van der Waals surface area contributed by atoms with Crippen molar-refractivity contribution in [1.29, 1.82) is 0 Å². The number of hydrogen-bond acceptors (Lipinski definition) is 10. The van der Waals surface area contributed by atoms with E-state index in [0.717, 1.165) is 40.9 Å². The lowest BCUT2D eigenvalue weighted by Gasteiger charge is -2.20. The highest BCUT2D eigenvalue weighted by atomic mass is 35.5. The van der Waals surface area contributed by atoms with Gasteiger partial charge in [-0.15, -0.1) is 10.2 Å². The number of ether oxygens (including phenoxy) is 1. The number of esters is 1. The third-order valence-corrected chi connectivity index (χ3v) is 8.02. The third-order valence-electron chi connectivity index (χ3n) is 7.72. The van der Waals surface area contributed by atoms with Crippen molar-refractivity contribution in [3.63, 3.8) is 0 Å². The summed E-state index contributed by atoms with van der Waals surface area (Å²) in [5, 5.41) is 27.0. The number of aliphatic carboxylic acids is 1. The van der Waals surface area contributed by atoms with E-state index >= 15 is 0 Å². The number of carboxylic acid groups (broad SMARTS) is 1. The van der Waals surface area contributed by atoms with Crippen LogP contribution in [-0.4, -0.2) is 84.7 Å². The first-order chi connectivity index (χ1) is 21.7. The summed E-state index contributed by atoms with van der Waals surface area (Å²) >= 11 is 6.60. The second kappa shape index (κ2) is 14.1. The Morgan fingerprint density at radius 3 is 2.51 bits per heavy atom. The van der Waals surface area contributed by atoms with Gasteiger partial charge in [0, 0.05) is 25.2 Å². The van der Waals surface area contributed by atoms with E-state index in [1.807, 2.05) is 53.1 Å². The number of hydrogen-bond donors (Lipinski definition) is 3. The Morgan fingerprint density at radius 2 is 1.89 bits per heavy atom. The molecule has 45 heavy (non-hydrogen) atoms. The number of aryl methyl sites for hydroxylation is 1. The number of carbonyl (C=O) groups is 3. The molecular formula is C31H35ClN8O5. The summed E-state index contributed by atoms with van der Waals surface area (Å²) in [6, 6.07) is 14.8. The van der Waals surface area contributed by atoms with Gasteiger partial charge in [0.25, 0.3) is 0 Å². The van der Waals surface area contributed by atoms with Crippen molar-refractivity contribution in [3.8, 4) is 22.5 Å². The third kappa shape index (κ3) is 7.27. The normalized spacial score (nSPS) is 16.6. The summed E-state index contributed by atoms with van der Waals surface area (Å²) < 4.78 is 7.63. The molecule has 0 saturated heterocycles. The number of tetrazole rings is 1. The summed E-state index contributed by atoms with van der Waals surface area (Å²) in [7, 11) is 3.57. The molecule has 2 heterocycles. The number of halogens is 1. The first kappa shape index (κ1) is 31.9. The minimum Gasteiger partial charge on any atom is -0.481 e. The van der Waals surface area contributed by atoms with Crippen LogP contribution in [0.1, 0.15) is 36.8 Å². The van der Waals surface area contributed by atoms with Crippen LogP contribution >= 0.6 is 11.6 Å². The molecule has 0 radical (unpaired) electrons. The van der Waals surface area contributed by atoms with Crippen molar-refractivity contribution in [2.24, 2.45) is 11.8 Å². The van der Waals surface area contributed by atoms with Crippen molar-refractivity contribution in [2.45, 2.75) is 45.4 Å². The van der Waals surface area contributed by atoms with Gasteiger partial charge in [0.2, 0.25) is 5.82 Å². The fourth-order valence-corrected chi connectivity index (χ4v) is 5.55. The molecule has 0 aliphatic heterocycles. The summed E-state index contributed by atoms with van der Waals surface area (Å²) in [6.07, 6.45) is 2.54. The number of rotatable bonds is 15. The van der Waals surface area contributed by atoms with Crippen LogP contribution in [0.3, 0.4) is 0 Å². The second-order valence-electron chi connectivity index (χ2n) is 11.2. The number of carboxylic acids is 1. The molecule has 14 heteroatoms. The monoisotopic (exact) mass is 634 g/mol. The van der Waals surface area contributed by atoms with Gasteiger partial charge in [-0.1, -0.05) is 73.5 Å². The maximum Gasteiger partial charge on any atom is 0.324 e. The van der Waals surface area contributed by atoms with Gasteiger partial charge in [0.05, 0.1) is 11.6 Å². The molecule has 0 spiro atoms. The number of carbonyl (C=O) groups excluding carboxylic acids is 2. The molecule has 2 aromatic heterocycles. The summed E-state index contributed by atoms with van der Waals surface area (Å²) in [4.78, 5) is 43.3. The van der Waals surface area contributed by atoms with Crippen molar-refractivity contribution in [2.75, 3.05) is 20.8 Å². The second-order valence-corrected chi connectivity index (χ2v) is 11.6. The number of Topliss-reactive ketones (excluding diaryl/α,β-unsaturated/α-hetero) is 1. The Bertz CT molecular complexity index is 1650. The van der Waals surface area contributed by atoms with Gasteiger partial charge in [-0.25, -0.2) is 4.98 Å². The SMILES string of the molecule is CCCCc1nc(Cl)c(COC(=O)C(NCN(C)C)C2C(=O)C2C(=O)O)n1Cc1ccc(-c2ccccc2-c2nn[nH]n2)cc1. The molecule has 1 saturated carbocycles. The van der Waals surface area contributed by atoms with E-state index in [2.05, 4.69) is 37.8 Å². The molecular weight excluding hydrogens is 600 g/mol. The molecule has 0 bridgehead atoms. The van der Waals surface area contributed by atoms with E-state index in [-0.39, 0.29) is 18.4 Å². The minimum absolute atomic E-state index is 0.189. The topological polar surface area (TPSA) is 168 Å². The van der Waals surface area contributed by atoms with Crippen LogP contribution in [-0.2, 0) is 38.7 Å². The molecule has 1 aliphatic carbocycles. The standard InChI is InChI=1S/C31H35ClN8O5/c1-4-5-10-23-34-28(32)22(16-45-31(44)26(33-17-39(2)3)24-25(27(24)41)30(42)43)40(23)15-18-11-13-19(14-12-18)20-8-6-7-9-21(20)29-35-37-38-36-29/h6-9,11-14,24-26,33H,4-5,10,15-17H2,1-3H3,(H,42,43)(H,35,36,37,38). The molecule has 1 fully saturated rings. The Labute approximate surface area is 264 Å². The Hall–Kier alpha value is -4.46. The molecule has 5 rings (SSSR count). The maximum absolute atomic E-state index is 13.2. The zero-order valence-electron chi connectivity index (χ0n) is 25.2. The number of ketones is 1. The van der Waals surface area contributed by atoms with Crippen molar-refractivity contribution < 1.29 is 24.2 Å². The Morgan fingerprint density at radius 1 is 1.16 bits per heavy atom. The Balaban J connectivity index is 1.36. The van der Waals surface area contributed by atoms with E-state index < -0.39 is 35.6 Å². The average molecular weight is 635 g/mol. The quantitative estimate of drug-likeness (QED) is 0.0997. The van der Waals surface area contributed by atoms with Crippen LogP contribution < -0.4 is 5.32 Å². The van der Waals surface area contributed by atoms with Gasteiger partial charge in [-0.2, -0.15) is 5.21 Å². The predicted octanol–water partition coefficient (Wildman–Crippen LogP) is 3.19. The summed E-state index contributed by atoms with van der Waals surface area (Å²) in [5.41, 5.74) is 4.30. The number of unbranched alkanes of at least 4 members (excludes halogenated alkanes) is 1. The molecule has 1 aliphatic rings. The first-order valence-electron chi connectivity index (χ1n) is 14.7. The molecule has 0 amide bonds. The number of nitrogens with one attached hydrogen (secondary N) is 2. The van der Waals surface area contributed by atoms with Gasteiger partial charge in [0.1, 0.15) is 24.4 Å². The maximum atomic E-state index is 13.2. The first-order valence-corrected chi connectivity index (χ1v) is 15.0. The number of nitrogens with zero attached hydrogens (tertiary/aromatic N) is 6. The van der Waals surface area contributed by atoms with Gasteiger partial charge in [-0.3, -0.25) is 24.6 Å². The highest BCUT2D eigenvalue weighted by Gasteiger charge is 2.60. The number of H-pyrrole nitrogens is 1. The number of aromatic nitrogens is 6. The smallest absolute Gasteiger partial charge is 0.324 e. The van der Waals surface area contributed by atoms with E-state index in [4.69, 9.17) is 16.3 Å². The summed E-state index contributed by atoms with van der Waals surface area (Å²) in [6.45, 7) is 2.59. The largest absolute Gasteiger partial charge is 0.481 e. The van der Waals surface area contributed by atoms with Gasteiger partial charge < -0.3 is 14.4 Å². The summed E-state index contributed by atoms with van der Waals surface area (Å²) in [5.74, 6) is -3.41. The van der Waals surface area contributed by atoms with Crippen LogP contribution in [0.15, 0.2) is 48.5 Å². The van der Waals surface area contributed by atoms with Crippen molar-refractivity contribution >= 4 is 29.3 Å². The number of aromatic amines is 1. The molecule has 3 atom stereocenters. The zero-order chi connectivity index (χ0) is 32.1. The molecule has 236 valence electrons. The van der Waals surface area contributed by atoms with E-state index in [0.29, 0.717) is 24.5 Å². The lowest BCUT2D eigenvalue weighted by Crippen LogP contribution is -2.45. The van der Waals surface area contributed by atoms with Crippen molar-refractivity contribution in [3.05, 3.63) is 70.8 Å². The number of benzene rings is 2.